The zero-order chi connectivity index (χ0) is 21.6. The minimum Gasteiger partial charge on any atom is -0.496 e. The number of amides is 1. The molecule has 0 aliphatic carbocycles. The van der Waals surface area contributed by atoms with Crippen LogP contribution in [0.15, 0.2) is 36.4 Å². The van der Waals surface area contributed by atoms with Crippen LogP contribution in [0.4, 0.5) is 14.5 Å². The third-order valence-electron chi connectivity index (χ3n) is 4.09. The smallest absolute Gasteiger partial charge is 0.328 e. The number of rotatable bonds is 8. The SMILES string of the molecule is COC(=O)[C@H](Cc1cc([N+](=O)[O-])ccc1OC)NC(=O)Cc1ccc(F)cc1F. The number of benzene rings is 2. The molecule has 1 N–H and O–H groups in total. The lowest BCUT2D eigenvalue weighted by atomic mass is 10.0. The van der Waals surface area contributed by atoms with Gasteiger partial charge in [-0.05, 0) is 17.7 Å². The second kappa shape index (κ2) is 9.58. The number of nitro benzene ring substituents is 1. The Balaban J connectivity index is 2.21. The highest BCUT2D eigenvalue weighted by Gasteiger charge is 2.25. The topological polar surface area (TPSA) is 108 Å². The van der Waals surface area contributed by atoms with Gasteiger partial charge >= 0.3 is 5.97 Å². The van der Waals surface area contributed by atoms with Crippen molar-refractivity contribution >= 4 is 17.6 Å². The van der Waals surface area contributed by atoms with Crippen LogP contribution in [0.5, 0.6) is 5.75 Å². The molecule has 0 saturated heterocycles. The summed E-state index contributed by atoms with van der Waals surface area (Å²) in [6.45, 7) is 0. The highest BCUT2D eigenvalue weighted by Crippen LogP contribution is 2.25. The summed E-state index contributed by atoms with van der Waals surface area (Å²) in [5.74, 6) is -2.91. The van der Waals surface area contributed by atoms with E-state index in [2.05, 4.69) is 10.1 Å². The van der Waals surface area contributed by atoms with Crippen LogP contribution in [0, 0.1) is 21.7 Å². The van der Waals surface area contributed by atoms with Gasteiger partial charge in [0.2, 0.25) is 5.91 Å². The summed E-state index contributed by atoms with van der Waals surface area (Å²) < 4.78 is 36.6. The fourth-order valence-corrected chi connectivity index (χ4v) is 2.68. The molecule has 0 aliphatic heterocycles. The second-order valence-corrected chi connectivity index (χ2v) is 6.01. The molecule has 0 unspecified atom stereocenters. The highest BCUT2D eigenvalue weighted by molar-refractivity contribution is 5.86. The van der Waals surface area contributed by atoms with Crippen LogP contribution < -0.4 is 10.1 Å². The van der Waals surface area contributed by atoms with Crippen molar-refractivity contribution in [1.29, 1.82) is 0 Å². The summed E-state index contributed by atoms with van der Waals surface area (Å²) in [6.07, 6.45) is -0.596. The van der Waals surface area contributed by atoms with Crippen LogP contribution in [-0.2, 0) is 27.2 Å². The summed E-state index contributed by atoms with van der Waals surface area (Å²) in [5.41, 5.74) is 0.0231. The number of esters is 1. The van der Waals surface area contributed by atoms with E-state index in [1.807, 2.05) is 0 Å². The number of hydrogen-bond donors (Lipinski definition) is 1. The Morgan fingerprint density at radius 1 is 1.14 bits per heavy atom. The molecule has 0 heterocycles. The van der Waals surface area contributed by atoms with Gasteiger partial charge in [0.15, 0.2) is 0 Å². The summed E-state index contributed by atoms with van der Waals surface area (Å²) in [7, 11) is 2.47. The molecular formula is C19H18F2N2O6. The van der Waals surface area contributed by atoms with Crippen molar-refractivity contribution in [1.82, 2.24) is 5.32 Å². The molecule has 8 nitrogen and oxygen atoms in total. The first-order chi connectivity index (χ1) is 13.7. The van der Waals surface area contributed by atoms with Gasteiger partial charge in [0, 0.05) is 30.2 Å². The number of hydrogen-bond acceptors (Lipinski definition) is 6. The molecule has 2 aromatic rings. The monoisotopic (exact) mass is 408 g/mol. The number of ether oxygens (including phenoxy) is 2. The molecule has 10 heteroatoms. The zero-order valence-corrected chi connectivity index (χ0v) is 15.6. The highest BCUT2D eigenvalue weighted by atomic mass is 19.1. The molecule has 1 atom stereocenters. The van der Waals surface area contributed by atoms with Crippen molar-refractivity contribution < 1.29 is 32.8 Å². The molecule has 2 aromatic carbocycles. The number of carbonyl (C=O) groups excluding carboxylic acids is 2. The first kappa shape index (κ1) is 21.7. The molecule has 154 valence electrons. The van der Waals surface area contributed by atoms with Gasteiger partial charge in [0.1, 0.15) is 23.4 Å². The van der Waals surface area contributed by atoms with Gasteiger partial charge in [-0.15, -0.1) is 0 Å². The van der Waals surface area contributed by atoms with E-state index in [-0.39, 0.29) is 23.4 Å². The lowest BCUT2D eigenvalue weighted by molar-refractivity contribution is -0.384. The molecule has 0 saturated carbocycles. The van der Waals surface area contributed by atoms with Gasteiger partial charge < -0.3 is 14.8 Å². The molecule has 0 radical (unpaired) electrons. The number of methoxy groups -OCH3 is 2. The number of nitrogens with zero attached hydrogens (tertiary/aromatic N) is 1. The Morgan fingerprint density at radius 2 is 1.86 bits per heavy atom. The standard InChI is InChI=1S/C19H18F2N2O6/c1-28-17-6-5-14(23(26)27)7-12(17)8-16(19(25)29-2)22-18(24)9-11-3-4-13(20)10-15(11)21/h3-7,10,16H,8-9H2,1-2H3,(H,22,24)/t16-/m0/s1. The number of nitrogens with one attached hydrogen (secondary N) is 1. The van der Waals surface area contributed by atoms with E-state index >= 15 is 0 Å². The summed E-state index contributed by atoms with van der Waals surface area (Å²) in [4.78, 5) is 34.8. The van der Waals surface area contributed by atoms with Gasteiger partial charge in [0.05, 0.1) is 25.6 Å². The Morgan fingerprint density at radius 3 is 2.45 bits per heavy atom. The summed E-state index contributed by atoms with van der Waals surface area (Å²) >= 11 is 0. The van der Waals surface area contributed by atoms with Crippen molar-refractivity contribution in [2.45, 2.75) is 18.9 Å². The van der Waals surface area contributed by atoms with Gasteiger partial charge in [-0.25, -0.2) is 13.6 Å². The van der Waals surface area contributed by atoms with Crippen molar-refractivity contribution in [2.24, 2.45) is 0 Å². The normalized spacial score (nSPS) is 11.4. The molecule has 1 amide bonds. The van der Waals surface area contributed by atoms with Gasteiger partial charge in [-0.3, -0.25) is 14.9 Å². The Labute approximate surface area is 164 Å². The average Bonchev–Trinajstić information content (AvgIpc) is 2.68. The number of halogens is 2. The molecule has 0 aromatic heterocycles. The number of non-ortho nitro benzene ring substituents is 1. The van der Waals surface area contributed by atoms with E-state index in [0.717, 1.165) is 19.2 Å². The van der Waals surface area contributed by atoms with Crippen molar-refractivity contribution in [3.05, 3.63) is 69.3 Å². The summed E-state index contributed by atoms with van der Waals surface area (Å²) in [6, 6.07) is 5.42. The van der Waals surface area contributed by atoms with Crippen LogP contribution >= 0.6 is 0 Å². The first-order valence-corrected chi connectivity index (χ1v) is 8.37. The molecule has 0 bridgehead atoms. The van der Waals surface area contributed by atoms with E-state index in [0.29, 0.717) is 11.6 Å². The predicted molar refractivity (Wildman–Crippen MR) is 97.4 cm³/mol. The maximum absolute atomic E-state index is 13.7. The molecular weight excluding hydrogens is 390 g/mol. The van der Waals surface area contributed by atoms with Crippen LogP contribution in [0.3, 0.4) is 0 Å². The second-order valence-electron chi connectivity index (χ2n) is 6.01. The van der Waals surface area contributed by atoms with Crippen LogP contribution in [-0.4, -0.2) is 37.1 Å². The third kappa shape index (κ3) is 5.71. The molecule has 0 fully saturated rings. The molecule has 29 heavy (non-hydrogen) atoms. The summed E-state index contributed by atoms with van der Waals surface area (Å²) in [5, 5.41) is 13.4. The van der Waals surface area contributed by atoms with E-state index in [9.17, 15) is 28.5 Å². The quantitative estimate of drug-likeness (QED) is 0.408. The maximum atomic E-state index is 13.7. The van der Waals surface area contributed by atoms with E-state index in [1.165, 1.54) is 25.3 Å². The van der Waals surface area contributed by atoms with Crippen LogP contribution in [0.2, 0.25) is 0 Å². The largest absolute Gasteiger partial charge is 0.496 e. The Kier molecular flexibility index (Phi) is 7.18. The molecule has 0 spiro atoms. The van der Waals surface area contributed by atoms with Gasteiger partial charge in [-0.1, -0.05) is 6.07 Å². The fourth-order valence-electron chi connectivity index (χ4n) is 2.68. The Bertz CT molecular complexity index is 935. The van der Waals surface area contributed by atoms with Gasteiger partial charge in [0.25, 0.3) is 5.69 Å². The maximum Gasteiger partial charge on any atom is 0.328 e. The lowest BCUT2D eigenvalue weighted by Gasteiger charge is -2.18. The van der Waals surface area contributed by atoms with E-state index in [1.54, 1.807) is 0 Å². The average molecular weight is 408 g/mol. The molecule has 2 rings (SSSR count). The lowest BCUT2D eigenvalue weighted by Crippen LogP contribution is -2.43. The third-order valence-corrected chi connectivity index (χ3v) is 4.09. The fraction of sp³-hybridized carbons (Fsp3) is 0.263. The van der Waals surface area contributed by atoms with Crippen LogP contribution in [0.1, 0.15) is 11.1 Å². The minimum absolute atomic E-state index is 0.0551. The van der Waals surface area contributed by atoms with Crippen molar-refractivity contribution in [3.63, 3.8) is 0 Å². The first-order valence-electron chi connectivity index (χ1n) is 8.37. The predicted octanol–water partition coefficient (Wildman–Crippen LogP) is 2.32. The van der Waals surface area contributed by atoms with Gasteiger partial charge in [-0.2, -0.15) is 0 Å². The van der Waals surface area contributed by atoms with Crippen LogP contribution in [0.25, 0.3) is 0 Å². The number of nitro groups is 1. The van der Waals surface area contributed by atoms with E-state index in [4.69, 9.17) is 4.74 Å². The molecule has 0 aliphatic rings. The van der Waals surface area contributed by atoms with E-state index < -0.39 is 40.9 Å². The van der Waals surface area contributed by atoms with Crippen molar-refractivity contribution in [2.75, 3.05) is 14.2 Å². The zero-order valence-electron chi connectivity index (χ0n) is 15.6. The van der Waals surface area contributed by atoms with Crippen molar-refractivity contribution in [3.8, 4) is 5.75 Å². The minimum atomic E-state index is -1.20. The Hall–Kier alpha value is -3.56. The number of carbonyl (C=O) groups is 2.